The van der Waals surface area contributed by atoms with E-state index in [-0.39, 0.29) is 48.8 Å². The summed E-state index contributed by atoms with van der Waals surface area (Å²) in [6.07, 6.45) is 3.38. The summed E-state index contributed by atoms with van der Waals surface area (Å²) in [5, 5.41) is 6.07. The van der Waals surface area contributed by atoms with E-state index in [1.807, 2.05) is 4.90 Å². The van der Waals surface area contributed by atoms with Crippen LogP contribution >= 0.6 is 28.3 Å². The van der Waals surface area contributed by atoms with Gasteiger partial charge in [-0.15, -0.1) is 12.4 Å². The van der Waals surface area contributed by atoms with Gasteiger partial charge < -0.3 is 15.5 Å². The Morgan fingerprint density at radius 3 is 2.84 bits per heavy atom. The van der Waals surface area contributed by atoms with Gasteiger partial charge in [-0.2, -0.15) is 0 Å². The molecule has 0 radical (unpaired) electrons. The number of carbonyl (C=O) groups is 2. The largest absolute Gasteiger partial charge is 0.351 e. The molecule has 2 fully saturated rings. The summed E-state index contributed by atoms with van der Waals surface area (Å²) in [6.45, 7) is 2.06. The maximum Gasteiger partial charge on any atom is 0.252 e. The molecule has 2 aliphatic heterocycles. The van der Waals surface area contributed by atoms with Crippen molar-refractivity contribution in [3.05, 3.63) is 34.1 Å². The van der Waals surface area contributed by atoms with Crippen LogP contribution in [0.5, 0.6) is 0 Å². The lowest BCUT2D eigenvalue weighted by atomic mass is 10.1. The molecule has 2 heterocycles. The zero-order chi connectivity index (χ0) is 17.1. The van der Waals surface area contributed by atoms with Gasteiger partial charge in [0.1, 0.15) is 5.82 Å². The van der Waals surface area contributed by atoms with Crippen LogP contribution in [0, 0.1) is 5.82 Å². The van der Waals surface area contributed by atoms with E-state index in [9.17, 15) is 14.0 Å². The van der Waals surface area contributed by atoms with Crippen LogP contribution in [-0.4, -0.2) is 48.4 Å². The first-order chi connectivity index (χ1) is 11.6. The second-order valence-corrected chi connectivity index (χ2v) is 7.16. The minimum Gasteiger partial charge on any atom is -0.351 e. The molecule has 138 valence electrons. The molecule has 2 amide bonds. The summed E-state index contributed by atoms with van der Waals surface area (Å²) in [6, 6.07) is 4.57. The van der Waals surface area contributed by atoms with Crippen molar-refractivity contribution in [1.29, 1.82) is 0 Å². The Morgan fingerprint density at radius 1 is 1.28 bits per heavy atom. The molecule has 2 N–H and O–H groups in total. The van der Waals surface area contributed by atoms with Crippen LogP contribution < -0.4 is 10.6 Å². The SMILES string of the molecule is Cl.O=C(NCCC(=O)N1C2CCNCC1CC2)c1cc(F)ccc1Br. The lowest BCUT2D eigenvalue weighted by Crippen LogP contribution is -2.43. The van der Waals surface area contributed by atoms with Gasteiger partial charge >= 0.3 is 0 Å². The van der Waals surface area contributed by atoms with Gasteiger partial charge in [0.15, 0.2) is 0 Å². The lowest BCUT2D eigenvalue weighted by Gasteiger charge is -2.28. The second-order valence-electron chi connectivity index (χ2n) is 6.31. The van der Waals surface area contributed by atoms with Gasteiger partial charge in [-0.05, 0) is 59.9 Å². The monoisotopic (exact) mass is 433 g/mol. The van der Waals surface area contributed by atoms with Gasteiger partial charge in [0.25, 0.3) is 5.91 Å². The molecule has 2 atom stereocenters. The standard InChI is InChI=1S/C17H21BrFN3O2.ClH/c18-15-4-1-11(19)9-14(15)17(24)21-8-6-16(23)22-12-2-3-13(22)10-20-7-5-12;/h1,4,9,12-13,20H,2-3,5-8,10H2,(H,21,24);1H. The molecule has 1 aromatic carbocycles. The zero-order valence-corrected chi connectivity index (χ0v) is 16.2. The molecule has 2 aliphatic rings. The zero-order valence-electron chi connectivity index (χ0n) is 13.8. The summed E-state index contributed by atoms with van der Waals surface area (Å²) in [4.78, 5) is 26.7. The minimum absolute atomic E-state index is 0. The van der Waals surface area contributed by atoms with Crippen LogP contribution in [0.3, 0.4) is 0 Å². The fourth-order valence-corrected chi connectivity index (χ4v) is 4.00. The van der Waals surface area contributed by atoms with Crippen molar-refractivity contribution < 1.29 is 14.0 Å². The van der Waals surface area contributed by atoms with E-state index in [1.165, 1.54) is 18.2 Å². The molecule has 2 unspecified atom stereocenters. The second kappa shape index (κ2) is 8.96. The molecule has 0 aliphatic carbocycles. The van der Waals surface area contributed by atoms with Crippen molar-refractivity contribution in [3.8, 4) is 0 Å². The number of amides is 2. The number of hydrogen-bond donors (Lipinski definition) is 2. The number of nitrogens with zero attached hydrogens (tertiary/aromatic N) is 1. The number of benzene rings is 1. The predicted molar refractivity (Wildman–Crippen MR) is 99.4 cm³/mol. The third-order valence-electron chi connectivity index (χ3n) is 4.74. The minimum atomic E-state index is -0.465. The van der Waals surface area contributed by atoms with Crippen LogP contribution in [-0.2, 0) is 4.79 Å². The maximum absolute atomic E-state index is 13.3. The van der Waals surface area contributed by atoms with E-state index in [0.717, 1.165) is 32.4 Å². The first-order valence-electron chi connectivity index (χ1n) is 8.31. The number of nitrogens with one attached hydrogen (secondary N) is 2. The molecule has 0 spiro atoms. The fourth-order valence-electron chi connectivity index (χ4n) is 3.57. The third-order valence-corrected chi connectivity index (χ3v) is 5.43. The van der Waals surface area contributed by atoms with E-state index < -0.39 is 5.82 Å². The molecule has 2 bridgehead atoms. The van der Waals surface area contributed by atoms with Crippen molar-refractivity contribution in [2.75, 3.05) is 19.6 Å². The molecule has 3 rings (SSSR count). The van der Waals surface area contributed by atoms with Crippen LogP contribution in [0.2, 0.25) is 0 Å². The van der Waals surface area contributed by atoms with Gasteiger partial charge in [-0.1, -0.05) is 0 Å². The number of carbonyl (C=O) groups excluding carboxylic acids is 2. The molecule has 0 saturated carbocycles. The van der Waals surface area contributed by atoms with Gasteiger partial charge in [0.2, 0.25) is 5.91 Å². The highest BCUT2D eigenvalue weighted by molar-refractivity contribution is 9.10. The highest BCUT2D eigenvalue weighted by Gasteiger charge is 2.37. The summed E-state index contributed by atoms with van der Waals surface area (Å²) in [7, 11) is 0. The fraction of sp³-hybridized carbons (Fsp3) is 0.529. The van der Waals surface area contributed by atoms with Crippen LogP contribution in [0.15, 0.2) is 22.7 Å². The molecule has 5 nitrogen and oxygen atoms in total. The van der Waals surface area contributed by atoms with Gasteiger partial charge in [-0.25, -0.2) is 4.39 Å². The van der Waals surface area contributed by atoms with E-state index in [4.69, 9.17) is 0 Å². The first kappa shape index (κ1) is 20.1. The number of fused-ring (bicyclic) bond motifs is 2. The Morgan fingerprint density at radius 2 is 2.04 bits per heavy atom. The Balaban J connectivity index is 0.00000225. The molecule has 1 aromatic rings. The highest BCUT2D eigenvalue weighted by Crippen LogP contribution is 2.28. The number of halogens is 3. The van der Waals surface area contributed by atoms with Crippen molar-refractivity contribution in [2.45, 2.75) is 37.8 Å². The van der Waals surface area contributed by atoms with Gasteiger partial charge in [0.05, 0.1) is 5.56 Å². The molecular formula is C17H22BrClFN3O2. The number of hydrogen-bond acceptors (Lipinski definition) is 3. The average molecular weight is 435 g/mol. The predicted octanol–water partition coefficient (Wildman–Crippen LogP) is 2.48. The van der Waals surface area contributed by atoms with Gasteiger partial charge in [0, 0.05) is 36.1 Å². The summed E-state index contributed by atoms with van der Waals surface area (Å²) in [5.41, 5.74) is 0.237. The maximum atomic E-state index is 13.3. The Hall–Kier alpha value is -1.18. The quantitative estimate of drug-likeness (QED) is 0.765. The van der Waals surface area contributed by atoms with Crippen LogP contribution in [0.1, 0.15) is 36.0 Å². The van der Waals surface area contributed by atoms with Crippen LogP contribution in [0.25, 0.3) is 0 Å². The smallest absolute Gasteiger partial charge is 0.252 e. The molecule has 2 saturated heterocycles. The van der Waals surface area contributed by atoms with Crippen LogP contribution in [0.4, 0.5) is 4.39 Å². The topological polar surface area (TPSA) is 61.4 Å². The Labute approximate surface area is 161 Å². The van der Waals surface area contributed by atoms with E-state index >= 15 is 0 Å². The Kier molecular flexibility index (Phi) is 7.22. The van der Waals surface area contributed by atoms with Crippen molar-refractivity contribution >= 4 is 40.2 Å². The normalized spacial score (nSPS) is 22.1. The lowest BCUT2D eigenvalue weighted by molar-refractivity contribution is -0.133. The average Bonchev–Trinajstić information content (AvgIpc) is 2.82. The first-order valence-corrected chi connectivity index (χ1v) is 9.10. The molecule has 8 heteroatoms. The highest BCUT2D eigenvalue weighted by atomic mass is 79.9. The number of rotatable bonds is 4. The van der Waals surface area contributed by atoms with Gasteiger partial charge in [-0.3, -0.25) is 9.59 Å². The molecule has 0 aromatic heterocycles. The van der Waals surface area contributed by atoms with E-state index in [1.54, 1.807) is 0 Å². The van der Waals surface area contributed by atoms with E-state index in [0.29, 0.717) is 10.5 Å². The third kappa shape index (κ3) is 4.71. The van der Waals surface area contributed by atoms with Crippen molar-refractivity contribution in [1.82, 2.24) is 15.5 Å². The van der Waals surface area contributed by atoms with Crippen molar-refractivity contribution in [2.24, 2.45) is 0 Å². The summed E-state index contributed by atoms with van der Waals surface area (Å²) in [5.74, 6) is -0.757. The Bertz CT molecular complexity index is 632. The van der Waals surface area contributed by atoms with E-state index in [2.05, 4.69) is 26.6 Å². The molecule has 25 heavy (non-hydrogen) atoms. The van der Waals surface area contributed by atoms with Crippen molar-refractivity contribution in [3.63, 3.8) is 0 Å². The summed E-state index contributed by atoms with van der Waals surface area (Å²) >= 11 is 3.24. The summed E-state index contributed by atoms with van der Waals surface area (Å²) < 4.78 is 13.8. The molecular weight excluding hydrogens is 413 g/mol.